The molecule has 7 heteroatoms. The van der Waals surface area contributed by atoms with Gasteiger partial charge in [0.1, 0.15) is 0 Å². The first-order valence-corrected chi connectivity index (χ1v) is 5.31. The van der Waals surface area contributed by atoms with E-state index in [0.717, 1.165) is 0 Å². The summed E-state index contributed by atoms with van der Waals surface area (Å²) in [6, 6.07) is 6.14. The van der Waals surface area contributed by atoms with Crippen molar-refractivity contribution in [2.75, 3.05) is 0 Å². The summed E-state index contributed by atoms with van der Waals surface area (Å²) in [5.41, 5.74) is 0.446. The van der Waals surface area contributed by atoms with Gasteiger partial charge in [0.05, 0.1) is 13.0 Å². The quantitative estimate of drug-likeness (QED) is 0.901. The Bertz CT molecular complexity index is 420. The Kier molecular flexibility index (Phi) is 4.98. The summed E-state index contributed by atoms with van der Waals surface area (Å²) < 4.78 is 41.9. The lowest BCUT2D eigenvalue weighted by atomic mass is 10.2. The zero-order valence-electron chi connectivity index (χ0n) is 9.08. The normalized spacial score (nSPS) is 13.3. The van der Waals surface area contributed by atoms with Crippen LogP contribution in [0.1, 0.15) is 12.0 Å². The summed E-state index contributed by atoms with van der Waals surface area (Å²) in [5, 5.41) is 8.76. The molecule has 0 saturated heterocycles. The molecule has 3 nitrogen and oxygen atoms in total. The second-order valence-electron chi connectivity index (χ2n) is 3.57. The predicted octanol–water partition coefficient (Wildman–Crippen LogP) is 3.26. The predicted molar refractivity (Wildman–Crippen MR) is 58.3 cm³/mol. The number of benzene rings is 1. The molecule has 0 amide bonds. The van der Waals surface area contributed by atoms with Crippen molar-refractivity contribution in [1.82, 2.24) is 0 Å². The van der Waals surface area contributed by atoms with Crippen molar-refractivity contribution in [3.63, 3.8) is 0 Å². The highest BCUT2D eigenvalue weighted by Crippen LogP contribution is 2.26. The molecule has 0 fully saturated rings. The monoisotopic (exact) mass is 282 g/mol. The number of ether oxygens (including phenoxy) is 1. The first-order valence-electron chi connectivity index (χ1n) is 4.93. The van der Waals surface area contributed by atoms with Crippen LogP contribution in [0.25, 0.3) is 0 Å². The Morgan fingerprint density at radius 3 is 2.61 bits per heavy atom. The molecule has 1 rings (SSSR count). The molecular formula is C11H10ClF3O3. The van der Waals surface area contributed by atoms with Gasteiger partial charge in [-0.05, 0) is 17.7 Å². The van der Waals surface area contributed by atoms with Gasteiger partial charge in [0, 0.05) is 5.02 Å². The maximum Gasteiger partial charge on any atom is 0.415 e. The van der Waals surface area contributed by atoms with Crippen molar-refractivity contribution in [2.45, 2.75) is 25.3 Å². The summed E-state index contributed by atoms with van der Waals surface area (Å²) in [6.07, 6.45) is -8.16. The number of carboxylic acid groups (broad SMARTS) is 1. The fourth-order valence-electron chi connectivity index (χ4n) is 1.25. The third-order valence-corrected chi connectivity index (χ3v) is 2.30. The highest BCUT2D eigenvalue weighted by Gasteiger charge is 2.42. The van der Waals surface area contributed by atoms with Gasteiger partial charge in [-0.1, -0.05) is 23.7 Å². The summed E-state index contributed by atoms with van der Waals surface area (Å²) in [5.74, 6) is -1.57. The minimum atomic E-state index is -4.71. The van der Waals surface area contributed by atoms with Crippen molar-refractivity contribution in [3.8, 4) is 0 Å². The average Bonchev–Trinajstić information content (AvgIpc) is 2.22. The van der Waals surface area contributed by atoms with E-state index in [-0.39, 0.29) is 6.61 Å². The molecule has 1 unspecified atom stereocenters. The lowest BCUT2D eigenvalue weighted by Gasteiger charge is -2.19. The summed E-state index contributed by atoms with van der Waals surface area (Å²) >= 11 is 5.66. The van der Waals surface area contributed by atoms with Gasteiger partial charge < -0.3 is 9.84 Å². The fourth-order valence-corrected chi connectivity index (χ4v) is 1.46. The molecule has 1 aromatic carbocycles. The maximum atomic E-state index is 12.4. The smallest absolute Gasteiger partial charge is 0.415 e. The van der Waals surface area contributed by atoms with Crippen LogP contribution in [0.2, 0.25) is 5.02 Å². The van der Waals surface area contributed by atoms with Crippen molar-refractivity contribution in [1.29, 1.82) is 0 Å². The van der Waals surface area contributed by atoms with Crippen LogP contribution < -0.4 is 0 Å². The molecule has 18 heavy (non-hydrogen) atoms. The molecule has 1 atom stereocenters. The zero-order chi connectivity index (χ0) is 13.8. The van der Waals surface area contributed by atoms with Gasteiger partial charge in [0.15, 0.2) is 6.10 Å². The highest BCUT2D eigenvalue weighted by atomic mass is 35.5. The molecule has 0 heterocycles. The van der Waals surface area contributed by atoms with Crippen LogP contribution in [0, 0.1) is 0 Å². The van der Waals surface area contributed by atoms with E-state index in [2.05, 4.69) is 4.74 Å². The molecule has 0 aromatic heterocycles. The lowest BCUT2D eigenvalue weighted by Crippen LogP contribution is -2.33. The van der Waals surface area contributed by atoms with Crippen molar-refractivity contribution >= 4 is 17.6 Å². The van der Waals surface area contributed by atoms with E-state index in [1.54, 1.807) is 18.2 Å². The van der Waals surface area contributed by atoms with Crippen LogP contribution in [-0.2, 0) is 16.1 Å². The second kappa shape index (κ2) is 6.06. The van der Waals surface area contributed by atoms with E-state index >= 15 is 0 Å². The SMILES string of the molecule is O=C(O)CC(OCc1cccc(Cl)c1)C(F)(F)F. The van der Waals surface area contributed by atoms with Crippen molar-refractivity contribution < 1.29 is 27.8 Å². The van der Waals surface area contributed by atoms with Crippen LogP contribution in [0.4, 0.5) is 13.2 Å². The van der Waals surface area contributed by atoms with Gasteiger partial charge in [0.2, 0.25) is 0 Å². The Labute approximate surface area is 106 Å². The maximum absolute atomic E-state index is 12.4. The van der Waals surface area contributed by atoms with Gasteiger partial charge >= 0.3 is 12.1 Å². The summed E-state index contributed by atoms with van der Waals surface area (Å²) in [6.45, 7) is -0.349. The number of carbonyl (C=O) groups is 1. The van der Waals surface area contributed by atoms with Gasteiger partial charge in [-0.15, -0.1) is 0 Å². The van der Waals surface area contributed by atoms with Crippen molar-refractivity contribution in [3.05, 3.63) is 34.9 Å². The van der Waals surface area contributed by atoms with E-state index in [1.807, 2.05) is 0 Å². The summed E-state index contributed by atoms with van der Waals surface area (Å²) in [4.78, 5) is 10.3. The van der Waals surface area contributed by atoms with Crippen molar-refractivity contribution in [2.24, 2.45) is 0 Å². The molecule has 0 bridgehead atoms. The number of alkyl halides is 3. The number of carboxylic acids is 1. The zero-order valence-corrected chi connectivity index (χ0v) is 9.83. The van der Waals surface area contributed by atoms with E-state index in [1.165, 1.54) is 6.07 Å². The Morgan fingerprint density at radius 1 is 1.44 bits per heavy atom. The van der Waals surface area contributed by atoms with Gasteiger partial charge in [-0.3, -0.25) is 4.79 Å². The van der Waals surface area contributed by atoms with Gasteiger partial charge in [-0.2, -0.15) is 13.2 Å². The average molecular weight is 283 g/mol. The summed E-state index contributed by atoms with van der Waals surface area (Å²) in [7, 11) is 0. The van der Waals surface area contributed by atoms with Crippen LogP contribution >= 0.6 is 11.6 Å². The number of rotatable bonds is 5. The van der Waals surface area contributed by atoms with Crippen LogP contribution in [0.5, 0.6) is 0 Å². The largest absolute Gasteiger partial charge is 0.481 e. The lowest BCUT2D eigenvalue weighted by molar-refractivity contribution is -0.227. The minimum Gasteiger partial charge on any atom is -0.481 e. The van der Waals surface area contributed by atoms with Crippen LogP contribution in [0.15, 0.2) is 24.3 Å². The number of hydrogen-bond donors (Lipinski definition) is 1. The Hall–Kier alpha value is -1.27. The standard InChI is InChI=1S/C11H10ClF3O3/c12-8-3-1-2-7(4-8)6-18-9(5-10(16)17)11(13,14)15/h1-4,9H,5-6H2,(H,16,17). The van der Waals surface area contributed by atoms with Crippen LogP contribution in [0.3, 0.4) is 0 Å². The number of aliphatic carboxylic acids is 1. The fraction of sp³-hybridized carbons (Fsp3) is 0.364. The first kappa shape index (κ1) is 14.8. The third kappa shape index (κ3) is 4.93. The van der Waals surface area contributed by atoms with Crippen LogP contribution in [-0.4, -0.2) is 23.4 Å². The van der Waals surface area contributed by atoms with E-state index in [0.29, 0.717) is 10.6 Å². The molecule has 0 aliphatic heterocycles. The Balaban J connectivity index is 2.65. The topological polar surface area (TPSA) is 46.5 Å². The Morgan fingerprint density at radius 2 is 2.11 bits per heavy atom. The third-order valence-electron chi connectivity index (χ3n) is 2.07. The van der Waals surface area contributed by atoms with E-state index in [4.69, 9.17) is 16.7 Å². The molecule has 0 radical (unpaired) electrons. The molecular weight excluding hydrogens is 273 g/mol. The molecule has 0 spiro atoms. The highest BCUT2D eigenvalue weighted by molar-refractivity contribution is 6.30. The number of hydrogen-bond acceptors (Lipinski definition) is 2. The molecule has 1 aromatic rings. The second-order valence-corrected chi connectivity index (χ2v) is 4.01. The van der Waals surface area contributed by atoms with E-state index < -0.39 is 24.7 Å². The molecule has 0 aliphatic carbocycles. The molecule has 0 saturated carbocycles. The van der Waals surface area contributed by atoms with Gasteiger partial charge in [0.25, 0.3) is 0 Å². The minimum absolute atomic E-state index is 0.349. The number of halogens is 4. The molecule has 1 N–H and O–H groups in total. The first-order chi connectivity index (χ1) is 8.29. The molecule has 0 aliphatic rings. The van der Waals surface area contributed by atoms with E-state index in [9.17, 15) is 18.0 Å². The van der Waals surface area contributed by atoms with Gasteiger partial charge in [-0.25, -0.2) is 0 Å². The molecule has 100 valence electrons.